The molecule has 1 aliphatic rings. The van der Waals surface area contributed by atoms with E-state index in [0.29, 0.717) is 11.6 Å². The van der Waals surface area contributed by atoms with E-state index < -0.39 is 0 Å². The molecule has 4 rings (SSSR count). The van der Waals surface area contributed by atoms with Crippen molar-refractivity contribution in [2.45, 2.75) is 51.6 Å². The van der Waals surface area contributed by atoms with Crippen LogP contribution in [0.25, 0.3) is 11.0 Å². The molecule has 0 bridgehead atoms. The number of hydrogen-bond donors (Lipinski definition) is 1. The number of amides is 1. The molecule has 0 aliphatic heterocycles. The molecule has 0 radical (unpaired) electrons. The fraction of sp³-hybridized carbons (Fsp3) is 0.500. The van der Waals surface area contributed by atoms with Crippen LogP contribution < -0.4 is 5.32 Å². The van der Waals surface area contributed by atoms with Gasteiger partial charge in [-0.1, -0.05) is 0 Å². The van der Waals surface area contributed by atoms with Gasteiger partial charge in [0.25, 0.3) is 5.91 Å². The van der Waals surface area contributed by atoms with E-state index in [-0.39, 0.29) is 11.9 Å². The zero-order chi connectivity index (χ0) is 18.3. The molecule has 3 aromatic heterocycles. The molecule has 3 aromatic rings. The highest BCUT2D eigenvalue weighted by Gasteiger charge is 2.25. The van der Waals surface area contributed by atoms with Crippen molar-refractivity contribution in [1.82, 2.24) is 34.8 Å². The molecular weight excluding hydrogens is 330 g/mol. The molecular formula is C18H23N7O. The van der Waals surface area contributed by atoms with Crippen molar-refractivity contribution in [3.05, 3.63) is 35.7 Å². The molecule has 1 fully saturated rings. The second-order valence-electron chi connectivity index (χ2n) is 7.07. The van der Waals surface area contributed by atoms with E-state index in [1.54, 1.807) is 17.3 Å². The first-order valence-corrected chi connectivity index (χ1v) is 8.99. The van der Waals surface area contributed by atoms with Crippen molar-refractivity contribution in [3.63, 3.8) is 0 Å². The largest absolute Gasteiger partial charge is 0.349 e. The Morgan fingerprint density at radius 2 is 2.00 bits per heavy atom. The van der Waals surface area contributed by atoms with E-state index >= 15 is 0 Å². The van der Waals surface area contributed by atoms with Crippen molar-refractivity contribution in [2.24, 2.45) is 7.05 Å². The van der Waals surface area contributed by atoms with Gasteiger partial charge in [-0.3, -0.25) is 9.48 Å². The summed E-state index contributed by atoms with van der Waals surface area (Å²) in [6.07, 6.45) is 7.20. The van der Waals surface area contributed by atoms with Gasteiger partial charge >= 0.3 is 0 Å². The van der Waals surface area contributed by atoms with Gasteiger partial charge in [0, 0.05) is 18.8 Å². The lowest BCUT2D eigenvalue weighted by molar-refractivity contribution is 0.0923. The number of hydrogen-bond acceptors (Lipinski definition) is 5. The third-order valence-electron chi connectivity index (χ3n) is 5.18. The van der Waals surface area contributed by atoms with Crippen molar-refractivity contribution in [2.75, 3.05) is 0 Å². The first-order chi connectivity index (χ1) is 12.5. The molecule has 1 amide bonds. The highest BCUT2D eigenvalue weighted by Crippen LogP contribution is 2.28. The van der Waals surface area contributed by atoms with E-state index in [9.17, 15) is 4.79 Å². The molecule has 0 unspecified atom stereocenters. The number of fused-ring (bicyclic) bond motifs is 1. The van der Waals surface area contributed by atoms with Crippen LogP contribution in [0.5, 0.6) is 0 Å². The standard InChI is InChI=1S/C18H23N7O/c1-11-8-15(16-12(2)23-24(3)17(16)21-11)18(26)22-13-4-6-14(7-5-13)25-10-19-9-20-25/h8-10,13-14H,4-7H2,1-3H3,(H,22,26). The lowest BCUT2D eigenvalue weighted by atomic mass is 9.91. The Morgan fingerprint density at radius 1 is 1.23 bits per heavy atom. The van der Waals surface area contributed by atoms with Gasteiger partial charge in [0.1, 0.15) is 12.7 Å². The molecule has 0 saturated heterocycles. The minimum Gasteiger partial charge on any atom is -0.349 e. The van der Waals surface area contributed by atoms with Crippen LogP contribution in [0.1, 0.15) is 53.5 Å². The Bertz CT molecular complexity index is 936. The van der Waals surface area contributed by atoms with Gasteiger partial charge in [-0.2, -0.15) is 10.2 Å². The van der Waals surface area contributed by atoms with Crippen molar-refractivity contribution in [3.8, 4) is 0 Å². The maximum absolute atomic E-state index is 12.9. The van der Waals surface area contributed by atoms with Crippen LogP contribution in [0.3, 0.4) is 0 Å². The van der Waals surface area contributed by atoms with Crippen LogP contribution in [0.2, 0.25) is 0 Å². The highest BCUT2D eigenvalue weighted by molar-refractivity contribution is 6.06. The summed E-state index contributed by atoms with van der Waals surface area (Å²) < 4.78 is 3.66. The minimum absolute atomic E-state index is 0.0409. The fourth-order valence-corrected chi connectivity index (χ4v) is 3.90. The minimum atomic E-state index is -0.0409. The van der Waals surface area contributed by atoms with Crippen molar-refractivity contribution < 1.29 is 4.79 Å². The number of nitrogens with zero attached hydrogens (tertiary/aromatic N) is 6. The zero-order valence-electron chi connectivity index (χ0n) is 15.3. The fourth-order valence-electron chi connectivity index (χ4n) is 3.90. The summed E-state index contributed by atoms with van der Waals surface area (Å²) in [5, 5.41) is 12.7. The number of aryl methyl sites for hydroxylation is 3. The molecule has 0 aromatic carbocycles. The number of pyridine rings is 1. The number of carbonyl (C=O) groups is 1. The SMILES string of the molecule is Cc1cc(C(=O)NC2CCC(n3cncn3)CC2)c2c(C)nn(C)c2n1. The van der Waals surface area contributed by atoms with Gasteiger partial charge in [0.05, 0.1) is 22.7 Å². The average molecular weight is 353 g/mol. The monoisotopic (exact) mass is 353 g/mol. The number of rotatable bonds is 3. The molecule has 0 spiro atoms. The number of carbonyl (C=O) groups excluding carboxylic acids is 1. The van der Waals surface area contributed by atoms with E-state index in [1.807, 2.05) is 31.6 Å². The second-order valence-corrected chi connectivity index (χ2v) is 7.07. The molecule has 0 atom stereocenters. The van der Waals surface area contributed by atoms with Crippen LogP contribution in [-0.4, -0.2) is 41.5 Å². The second kappa shape index (κ2) is 6.51. The summed E-state index contributed by atoms with van der Waals surface area (Å²) in [5.74, 6) is -0.0409. The van der Waals surface area contributed by atoms with E-state index in [4.69, 9.17) is 0 Å². The van der Waals surface area contributed by atoms with Gasteiger partial charge in [-0.15, -0.1) is 0 Å². The first-order valence-electron chi connectivity index (χ1n) is 8.99. The molecule has 136 valence electrons. The summed E-state index contributed by atoms with van der Waals surface area (Å²) in [5.41, 5.74) is 3.06. The normalized spacial score (nSPS) is 20.4. The Labute approximate surface area is 151 Å². The lowest BCUT2D eigenvalue weighted by Crippen LogP contribution is -2.38. The number of nitrogens with one attached hydrogen (secondary N) is 1. The van der Waals surface area contributed by atoms with Crippen LogP contribution in [0.15, 0.2) is 18.7 Å². The Balaban J connectivity index is 1.50. The average Bonchev–Trinajstić information content (AvgIpc) is 3.24. The molecule has 8 nitrogen and oxygen atoms in total. The van der Waals surface area contributed by atoms with Crippen LogP contribution in [-0.2, 0) is 7.05 Å². The molecule has 26 heavy (non-hydrogen) atoms. The zero-order valence-corrected chi connectivity index (χ0v) is 15.3. The molecule has 3 heterocycles. The quantitative estimate of drug-likeness (QED) is 0.778. The smallest absolute Gasteiger partial charge is 0.252 e. The van der Waals surface area contributed by atoms with Crippen LogP contribution in [0, 0.1) is 13.8 Å². The van der Waals surface area contributed by atoms with Crippen LogP contribution in [0.4, 0.5) is 0 Å². The van der Waals surface area contributed by atoms with Crippen LogP contribution >= 0.6 is 0 Å². The van der Waals surface area contributed by atoms with Gasteiger partial charge in [0.2, 0.25) is 0 Å². The van der Waals surface area contributed by atoms with Gasteiger partial charge in [-0.25, -0.2) is 14.6 Å². The highest BCUT2D eigenvalue weighted by atomic mass is 16.1. The van der Waals surface area contributed by atoms with E-state index in [2.05, 4.69) is 25.5 Å². The third-order valence-corrected chi connectivity index (χ3v) is 5.18. The van der Waals surface area contributed by atoms with Crippen molar-refractivity contribution >= 4 is 16.9 Å². The molecule has 1 saturated carbocycles. The topological polar surface area (TPSA) is 90.5 Å². The van der Waals surface area contributed by atoms with E-state index in [1.165, 1.54) is 0 Å². The van der Waals surface area contributed by atoms with E-state index in [0.717, 1.165) is 48.1 Å². The summed E-state index contributed by atoms with van der Waals surface area (Å²) in [6, 6.07) is 2.41. The maximum Gasteiger partial charge on any atom is 0.252 e. The predicted octanol–water partition coefficient (Wildman–Crippen LogP) is 2.09. The molecule has 8 heteroatoms. The molecule has 1 aliphatic carbocycles. The Kier molecular flexibility index (Phi) is 4.18. The Hall–Kier alpha value is -2.77. The Morgan fingerprint density at radius 3 is 2.69 bits per heavy atom. The van der Waals surface area contributed by atoms with Gasteiger partial charge in [0.15, 0.2) is 5.65 Å². The lowest BCUT2D eigenvalue weighted by Gasteiger charge is -2.29. The van der Waals surface area contributed by atoms with Gasteiger partial charge in [-0.05, 0) is 45.6 Å². The molecule has 1 N–H and O–H groups in total. The predicted molar refractivity (Wildman–Crippen MR) is 96.8 cm³/mol. The number of aromatic nitrogens is 6. The third kappa shape index (κ3) is 2.95. The summed E-state index contributed by atoms with van der Waals surface area (Å²) in [6.45, 7) is 3.82. The summed E-state index contributed by atoms with van der Waals surface area (Å²) in [7, 11) is 1.86. The van der Waals surface area contributed by atoms with Crippen molar-refractivity contribution in [1.29, 1.82) is 0 Å². The maximum atomic E-state index is 12.9. The first kappa shape index (κ1) is 16.7. The van der Waals surface area contributed by atoms with Gasteiger partial charge < -0.3 is 5.32 Å². The summed E-state index contributed by atoms with van der Waals surface area (Å²) >= 11 is 0. The summed E-state index contributed by atoms with van der Waals surface area (Å²) in [4.78, 5) is 21.5.